The van der Waals surface area contributed by atoms with Crippen molar-refractivity contribution in [1.82, 2.24) is 9.62 Å². The predicted octanol–water partition coefficient (Wildman–Crippen LogP) is 1.39. The molecule has 1 heterocycles. The average Bonchev–Trinajstić information content (AvgIpc) is 3.11. The minimum Gasteiger partial charge on any atom is -0.480 e. The van der Waals surface area contributed by atoms with Crippen LogP contribution in [-0.4, -0.2) is 54.1 Å². The van der Waals surface area contributed by atoms with E-state index in [1.807, 2.05) is 13.0 Å². The summed E-state index contributed by atoms with van der Waals surface area (Å²) in [4.78, 5) is 24.1. The van der Waals surface area contributed by atoms with Crippen molar-refractivity contribution in [2.45, 2.75) is 51.1 Å². The lowest BCUT2D eigenvalue weighted by molar-refractivity contribution is -0.142. The molecule has 2 rings (SSSR count). The van der Waals surface area contributed by atoms with Gasteiger partial charge in [0, 0.05) is 13.0 Å². The van der Waals surface area contributed by atoms with Gasteiger partial charge in [-0.3, -0.25) is 4.79 Å². The third-order valence-corrected chi connectivity index (χ3v) is 6.47. The number of carboxylic acid groups (broad SMARTS) is 1. The largest absolute Gasteiger partial charge is 0.480 e. The van der Waals surface area contributed by atoms with Crippen LogP contribution in [0.5, 0.6) is 0 Å². The molecule has 8 heteroatoms. The number of aliphatic carboxylic acids is 1. The lowest BCUT2D eigenvalue weighted by atomic mass is 10.1. The highest BCUT2D eigenvalue weighted by Crippen LogP contribution is 2.22. The Labute approximate surface area is 154 Å². The highest BCUT2D eigenvalue weighted by molar-refractivity contribution is 7.89. The van der Waals surface area contributed by atoms with Gasteiger partial charge in [-0.15, -0.1) is 0 Å². The molecule has 26 heavy (non-hydrogen) atoms. The second-order valence-corrected chi connectivity index (χ2v) is 8.57. The molecule has 1 aromatic rings. The van der Waals surface area contributed by atoms with Gasteiger partial charge in [-0.25, -0.2) is 13.2 Å². The molecule has 144 valence electrons. The van der Waals surface area contributed by atoms with Gasteiger partial charge in [0.05, 0.1) is 5.75 Å². The Hall–Kier alpha value is -1.93. The van der Waals surface area contributed by atoms with Crippen LogP contribution >= 0.6 is 0 Å². The molecule has 1 saturated heterocycles. The molecule has 1 aromatic carbocycles. The van der Waals surface area contributed by atoms with Crippen molar-refractivity contribution in [2.24, 2.45) is 0 Å². The molecule has 7 nitrogen and oxygen atoms in total. The summed E-state index contributed by atoms with van der Waals surface area (Å²) in [7, 11) is -3.51. The summed E-state index contributed by atoms with van der Waals surface area (Å²) in [5.41, 5.74) is 0.791. The number of benzene rings is 1. The Kier molecular flexibility index (Phi) is 7.16. The lowest BCUT2D eigenvalue weighted by Gasteiger charge is -2.25. The van der Waals surface area contributed by atoms with Gasteiger partial charge in [0.1, 0.15) is 12.1 Å². The van der Waals surface area contributed by atoms with Gasteiger partial charge < -0.3 is 10.4 Å². The van der Waals surface area contributed by atoms with E-state index >= 15 is 0 Å². The smallest absolute Gasteiger partial charge is 0.326 e. The van der Waals surface area contributed by atoms with Gasteiger partial charge in [-0.05, 0) is 24.8 Å². The highest BCUT2D eigenvalue weighted by Gasteiger charge is 2.39. The van der Waals surface area contributed by atoms with Crippen LogP contribution in [0.2, 0.25) is 0 Å². The van der Waals surface area contributed by atoms with Crippen LogP contribution in [0.1, 0.15) is 38.2 Å². The van der Waals surface area contributed by atoms with Gasteiger partial charge in [-0.1, -0.05) is 43.7 Å². The molecule has 2 atom stereocenters. The van der Waals surface area contributed by atoms with E-state index < -0.39 is 34.0 Å². The number of hydrogen-bond donors (Lipinski definition) is 2. The van der Waals surface area contributed by atoms with Crippen molar-refractivity contribution in [3.63, 3.8) is 0 Å². The Morgan fingerprint density at radius 2 is 2.00 bits per heavy atom. The molecule has 0 radical (unpaired) electrons. The molecule has 2 N–H and O–H groups in total. The molecule has 0 spiro atoms. The summed E-state index contributed by atoms with van der Waals surface area (Å²) >= 11 is 0. The van der Waals surface area contributed by atoms with Crippen LogP contribution < -0.4 is 5.32 Å². The van der Waals surface area contributed by atoms with Crippen molar-refractivity contribution in [3.05, 3.63) is 35.9 Å². The quantitative estimate of drug-likeness (QED) is 0.672. The normalized spacial score (nSPS) is 19.2. The van der Waals surface area contributed by atoms with E-state index in [-0.39, 0.29) is 12.2 Å². The van der Waals surface area contributed by atoms with Gasteiger partial charge in [0.25, 0.3) is 0 Å². The standard InChI is InChI=1S/C18H26N2O5S/c1-2-3-12-26(24,25)20-11-7-10-16(20)17(21)19-15(18(22)23)13-14-8-5-4-6-9-14/h4-6,8-9,15-16H,2-3,7,10-13H2,1H3,(H,19,21)(H,22,23). The van der Waals surface area contributed by atoms with Crippen molar-refractivity contribution < 1.29 is 23.1 Å². The number of carbonyl (C=O) groups is 2. The summed E-state index contributed by atoms with van der Waals surface area (Å²) < 4.78 is 26.1. The first-order valence-electron chi connectivity index (χ1n) is 8.91. The SMILES string of the molecule is CCCCS(=O)(=O)N1CCCC1C(=O)NC(Cc1ccccc1)C(=O)O. The molecular weight excluding hydrogens is 356 g/mol. The first kappa shape index (κ1) is 20.4. The monoisotopic (exact) mass is 382 g/mol. The number of rotatable bonds is 9. The Balaban J connectivity index is 2.07. The number of amides is 1. The maximum Gasteiger partial charge on any atom is 0.326 e. The predicted molar refractivity (Wildman–Crippen MR) is 98.1 cm³/mol. The van der Waals surface area contributed by atoms with Crippen LogP contribution in [0.15, 0.2) is 30.3 Å². The molecule has 1 fully saturated rings. The third kappa shape index (κ3) is 5.28. The van der Waals surface area contributed by atoms with Crippen LogP contribution in [0, 0.1) is 0 Å². The summed E-state index contributed by atoms with van der Waals surface area (Å²) in [5, 5.41) is 11.9. The van der Waals surface area contributed by atoms with Crippen LogP contribution in [0.4, 0.5) is 0 Å². The number of nitrogens with zero attached hydrogens (tertiary/aromatic N) is 1. The van der Waals surface area contributed by atoms with Crippen molar-refractivity contribution in [3.8, 4) is 0 Å². The molecule has 1 amide bonds. The van der Waals surface area contributed by atoms with E-state index in [1.54, 1.807) is 24.3 Å². The molecule has 0 saturated carbocycles. The fourth-order valence-electron chi connectivity index (χ4n) is 3.10. The maximum atomic E-state index is 12.6. The Morgan fingerprint density at radius 1 is 1.31 bits per heavy atom. The highest BCUT2D eigenvalue weighted by atomic mass is 32.2. The Bertz CT molecular complexity index is 720. The fraction of sp³-hybridized carbons (Fsp3) is 0.556. The molecule has 1 aliphatic rings. The third-order valence-electron chi connectivity index (χ3n) is 4.52. The summed E-state index contributed by atoms with van der Waals surface area (Å²) in [6.45, 7) is 2.21. The van der Waals surface area contributed by atoms with Gasteiger partial charge >= 0.3 is 5.97 Å². The fourth-order valence-corrected chi connectivity index (χ4v) is 4.98. The van der Waals surface area contributed by atoms with E-state index in [0.29, 0.717) is 25.8 Å². The number of carbonyl (C=O) groups excluding carboxylic acids is 1. The number of hydrogen-bond acceptors (Lipinski definition) is 4. The summed E-state index contributed by atoms with van der Waals surface area (Å²) in [5.74, 6) is -1.66. The zero-order valence-electron chi connectivity index (χ0n) is 14.9. The molecule has 1 aliphatic heterocycles. The minimum absolute atomic E-state index is 0.0135. The van der Waals surface area contributed by atoms with E-state index in [9.17, 15) is 23.1 Å². The molecule has 0 aliphatic carbocycles. The van der Waals surface area contributed by atoms with E-state index in [4.69, 9.17) is 0 Å². The van der Waals surface area contributed by atoms with E-state index in [2.05, 4.69) is 5.32 Å². The minimum atomic E-state index is -3.51. The van der Waals surface area contributed by atoms with Crippen molar-refractivity contribution in [2.75, 3.05) is 12.3 Å². The topological polar surface area (TPSA) is 104 Å². The summed E-state index contributed by atoms with van der Waals surface area (Å²) in [6.07, 6.45) is 2.45. The second-order valence-electron chi connectivity index (χ2n) is 6.53. The van der Waals surface area contributed by atoms with Crippen LogP contribution in [-0.2, 0) is 26.0 Å². The van der Waals surface area contributed by atoms with Crippen LogP contribution in [0.3, 0.4) is 0 Å². The maximum absolute atomic E-state index is 12.6. The molecule has 2 unspecified atom stereocenters. The number of unbranched alkanes of at least 4 members (excludes halogenated alkanes) is 1. The first-order valence-corrected chi connectivity index (χ1v) is 10.5. The number of carboxylic acids is 1. The number of sulfonamides is 1. The van der Waals surface area contributed by atoms with E-state index in [1.165, 1.54) is 4.31 Å². The van der Waals surface area contributed by atoms with Gasteiger partial charge in [-0.2, -0.15) is 4.31 Å². The zero-order chi connectivity index (χ0) is 19.2. The second kappa shape index (κ2) is 9.14. The summed E-state index contributed by atoms with van der Waals surface area (Å²) in [6, 6.07) is 7.10. The zero-order valence-corrected chi connectivity index (χ0v) is 15.7. The molecule has 0 bridgehead atoms. The van der Waals surface area contributed by atoms with E-state index in [0.717, 1.165) is 12.0 Å². The van der Waals surface area contributed by atoms with Crippen LogP contribution in [0.25, 0.3) is 0 Å². The van der Waals surface area contributed by atoms with Gasteiger partial charge in [0.2, 0.25) is 15.9 Å². The average molecular weight is 382 g/mol. The van der Waals surface area contributed by atoms with Crippen molar-refractivity contribution in [1.29, 1.82) is 0 Å². The van der Waals surface area contributed by atoms with Crippen molar-refractivity contribution >= 4 is 21.9 Å². The molecule has 0 aromatic heterocycles. The number of nitrogens with one attached hydrogen (secondary N) is 1. The first-order chi connectivity index (χ1) is 12.3. The lowest BCUT2D eigenvalue weighted by Crippen LogP contribution is -2.51. The Morgan fingerprint density at radius 3 is 2.62 bits per heavy atom. The van der Waals surface area contributed by atoms with Gasteiger partial charge in [0.15, 0.2) is 0 Å². The molecular formula is C18H26N2O5S.